The van der Waals surface area contributed by atoms with Crippen molar-refractivity contribution in [2.24, 2.45) is 0 Å². The van der Waals surface area contributed by atoms with Gasteiger partial charge in [-0.1, -0.05) is 12.1 Å². The number of carboxylic acid groups (broad SMARTS) is 1. The summed E-state index contributed by atoms with van der Waals surface area (Å²) in [7, 11) is 1.44. The van der Waals surface area contributed by atoms with Gasteiger partial charge in [0, 0.05) is 18.7 Å². The number of carboxylic acids is 1. The van der Waals surface area contributed by atoms with Crippen LogP contribution >= 0.6 is 0 Å². The first kappa shape index (κ1) is 29.0. The number of carbonyl (C=O) groups is 1. The summed E-state index contributed by atoms with van der Waals surface area (Å²) in [6.07, 6.45) is -4.61. The Balaban J connectivity index is 1.81. The molecule has 0 bridgehead atoms. The van der Waals surface area contributed by atoms with E-state index >= 15 is 0 Å². The number of aliphatic carboxylic acids is 1. The molecule has 0 saturated heterocycles. The number of nitrogens with one attached hydrogen (secondary N) is 1. The van der Waals surface area contributed by atoms with E-state index < -0.39 is 28.9 Å². The maximum absolute atomic E-state index is 13.8. The Morgan fingerprint density at radius 1 is 1.00 bits per heavy atom. The first-order valence-electron chi connectivity index (χ1n) is 12.0. The number of ether oxygens (including phenoxy) is 2. The molecule has 38 heavy (non-hydrogen) atoms. The monoisotopic (exact) mass is 533 g/mol. The van der Waals surface area contributed by atoms with Crippen molar-refractivity contribution in [3.63, 3.8) is 0 Å². The highest BCUT2D eigenvalue weighted by atomic mass is 19.4. The Hall–Kier alpha value is -3.59. The predicted molar refractivity (Wildman–Crippen MR) is 137 cm³/mol. The van der Waals surface area contributed by atoms with Crippen LogP contribution in [0.5, 0.6) is 11.5 Å². The van der Waals surface area contributed by atoms with Gasteiger partial charge >= 0.3 is 12.1 Å². The van der Waals surface area contributed by atoms with Gasteiger partial charge in [-0.2, -0.15) is 13.2 Å². The van der Waals surface area contributed by atoms with Crippen LogP contribution in [-0.4, -0.2) is 31.3 Å². The number of hydrogen-bond donors (Lipinski definition) is 2. The van der Waals surface area contributed by atoms with Crippen LogP contribution in [-0.2, 0) is 16.4 Å². The van der Waals surface area contributed by atoms with Crippen LogP contribution in [0.25, 0.3) is 11.1 Å². The van der Waals surface area contributed by atoms with Gasteiger partial charge in [0.25, 0.3) is 0 Å². The number of halogens is 4. The Kier molecular flexibility index (Phi) is 8.72. The second-order valence-electron chi connectivity index (χ2n) is 9.65. The van der Waals surface area contributed by atoms with Crippen molar-refractivity contribution in [2.45, 2.75) is 45.3 Å². The Morgan fingerprint density at radius 2 is 1.71 bits per heavy atom. The Labute approximate surface area is 219 Å². The van der Waals surface area contributed by atoms with E-state index in [1.54, 1.807) is 45.0 Å². The van der Waals surface area contributed by atoms with Gasteiger partial charge in [-0.3, -0.25) is 4.79 Å². The smallest absolute Gasteiger partial charge is 0.416 e. The molecular weight excluding hydrogens is 502 g/mol. The standard InChI is InChI=1S/C29H31F4NO4/c1-17-6-7-19(14-26(17)28(3,4)27(35)36)21-10-22(29(31,32)33)15-25(13-21)38-9-8-34-18(2)20-11-23(30)16-24(12-20)37-5/h6-7,10-16,18,34H,8-9H2,1-5H3,(H,35,36). The van der Waals surface area contributed by atoms with Gasteiger partial charge in [0.2, 0.25) is 0 Å². The van der Waals surface area contributed by atoms with Crippen molar-refractivity contribution in [3.8, 4) is 22.6 Å². The Morgan fingerprint density at radius 3 is 2.34 bits per heavy atom. The van der Waals surface area contributed by atoms with Gasteiger partial charge in [0.1, 0.15) is 23.9 Å². The van der Waals surface area contributed by atoms with Crippen molar-refractivity contribution in [1.82, 2.24) is 5.32 Å². The summed E-state index contributed by atoms with van der Waals surface area (Å²) < 4.78 is 65.6. The van der Waals surface area contributed by atoms with E-state index in [0.29, 0.717) is 22.4 Å². The van der Waals surface area contributed by atoms with Crippen molar-refractivity contribution >= 4 is 5.97 Å². The quantitative estimate of drug-likeness (QED) is 0.219. The predicted octanol–water partition coefficient (Wildman–Crippen LogP) is 6.92. The summed E-state index contributed by atoms with van der Waals surface area (Å²) in [6, 6.07) is 12.5. The molecule has 0 aromatic heterocycles. The van der Waals surface area contributed by atoms with E-state index in [9.17, 15) is 27.5 Å². The average Bonchev–Trinajstić information content (AvgIpc) is 2.85. The highest BCUT2D eigenvalue weighted by Gasteiger charge is 2.33. The zero-order valence-electron chi connectivity index (χ0n) is 21.9. The molecule has 3 rings (SSSR count). The second kappa shape index (κ2) is 11.4. The minimum absolute atomic E-state index is 0.0244. The largest absolute Gasteiger partial charge is 0.497 e. The number of aryl methyl sites for hydroxylation is 1. The third kappa shape index (κ3) is 6.83. The topological polar surface area (TPSA) is 67.8 Å². The minimum Gasteiger partial charge on any atom is -0.497 e. The van der Waals surface area contributed by atoms with Crippen molar-refractivity contribution in [1.29, 1.82) is 0 Å². The van der Waals surface area contributed by atoms with Crippen LogP contribution in [0.15, 0.2) is 54.6 Å². The van der Waals surface area contributed by atoms with Gasteiger partial charge in [0.15, 0.2) is 0 Å². The van der Waals surface area contributed by atoms with E-state index in [1.165, 1.54) is 25.3 Å². The van der Waals surface area contributed by atoms with Crippen LogP contribution in [0.4, 0.5) is 17.6 Å². The lowest BCUT2D eigenvalue weighted by Gasteiger charge is -2.23. The van der Waals surface area contributed by atoms with E-state index in [4.69, 9.17) is 9.47 Å². The number of rotatable bonds is 10. The third-order valence-electron chi connectivity index (χ3n) is 6.46. The number of alkyl halides is 3. The second-order valence-corrected chi connectivity index (χ2v) is 9.65. The normalized spacial score (nSPS) is 12.8. The fraction of sp³-hybridized carbons (Fsp3) is 0.345. The van der Waals surface area contributed by atoms with Crippen molar-refractivity contribution in [3.05, 3.63) is 82.7 Å². The highest BCUT2D eigenvalue weighted by Crippen LogP contribution is 2.37. The van der Waals surface area contributed by atoms with E-state index in [1.807, 2.05) is 6.92 Å². The fourth-order valence-corrected chi connectivity index (χ4v) is 4.12. The molecule has 9 heteroatoms. The van der Waals surface area contributed by atoms with Gasteiger partial charge in [-0.25, -0.2) is 4.39 Å². The van der Waals surface area contributed by atoms with Crippen LogP contribution in [0.1, 0.15) is 49.1 Å². The summed E-state index contributed by atoms with van der Waals surface area (Å²) in [5, 5.41) is 12.8. The van der Waals surface area contributed by atoms with Crippen molar-refractivity contribution < 1.29 is 36.9 Å². The SMILES string of the molecule is COc1cc(F)cc(C(C)NCCOc2cc(-c3ccc(C)c(C(C)(C)C(=O)O)c3)cc(C(F)(F)F)c2)c1. The maximum Gasteiger partial charge on any atom is 0.416 e. The summed E-state index contributed by atoms with van der Waals surface area (Å²) >= 11 is 0. The summed E-state index contributed by atoms with van der Waals surface area (Å²) in [5.41, 5.74) is 0.485. The van der Waals surface area contributed by atoms with Crippen molar-refractivity contribution in [2.75, 3.05) is 20.3 Å². The molecule has 0 spiro atoms. The fourth-order valence-electron chi connectivity index (χ4n) is 4.12. The van der Waals surface area contributed by atoms with Gasteiger partial charge in [-0.05, 0) is 91.9 Å². The first-order chi connectivity index (χ1) is 17.7. The number of methoxy groups -OCH3 is 1. The molecule has 1 unspecified atom stereocenters. The number of hydrogen-bond acceptors (Lipinski definition) is 4. The summed E-state index contributed by atoms with van der Waals surface area (Å²) in [6.45, 7) is 7.03. The summed E-state index contributed by atoms with van der Waals surface area (Å²) in [4.78, 5) is 11.8. The van der Waals surface area contributed by atoms with Gasteiger partial charge in [-0.15, -0.1) is 0 Å². The molecule has 204 valence electrons. The molecule has 1 atom stereocenters. The number of benzene rings is 3. The molecule has 5 nitrogen and oxygen atoms in total. The molecule has 0 aliphatic heterocycles. The minimum atomic E-state index is -4.61. The Bertz CT molecular complexity index is 1300. The highest BCUT2D eigenvalue weighted by molar-refractivity contribution is 5.82. The average molecular weight is 534 g/mol. The van der Waals surface area contributed by atoms with Crippen LogP contribution < -0.4 is 14.8 Å². The molecule has 2 N–H and O–H groups in total. The molecule has 0 heterocycles. The van der Waals surface area contributed by atoms with Crippen LogP contribution in [0.2, 0.25) is 0 Å². The molecular formula is C29H31F4NO4. The van der Waals surface area contributed by atoms with Crippen LogP contribution in [0.3, 0.4) is 0 Å². The molecule has 0 aliphatic rings. The maximum atomic E-state index is 13.8. The van der Waals surface area contributed by atoms with Gasteiger partial charge in [0.05, 0.1) is 18.1 Å². The lowest BCUT2D eigenvalue weighted by molar-refractivity contribution is -0.142. The van der Waals surface area contributed by atoms with Crippen LogP contribution in [0, 0.1) is 12.7 Å². The molecule has 3 aromatic carbocycles. The van der Waals surface area contributed by atoms with E-state index in [2.05, 4.69) is 5.32 Å². The van der Waals surface area contributed by atoms with E-state index in [-0.39, 0.29) is 30.5 Å². The van der Waals surface area contributed by atoms with Gasteiger partial charge < -0.3 is 19.9 Å². The molecule has 0 aliphatic carbocycles. The molecule has 0 saturated carbocycles. The lowest BCUT2D eigenvalue weighted by Crippen LogP contribution is -2.29. The van der Waals surface area contributed by atoms with E-state index in [0.717, 1.165) is 17.7 Å². The molecule has 0 amide bonds. The zero-order valence-corrected chi connectivity index (χ0v) is 21.9. The first-order valence-corrected chi connectivity index (χ1v) is 12.0. The third-order valence-corrected chi connectivity index (χ3v) is 6.46. The lowest BCUT2D eigenvalue weighted by atomic mass is 9.80. The molecule has 3 aromatic rings. The summed E-state index contributed by atoms with van der Waals surface area (Å²) in [5.74, 6) is -1.07. The molecule has 0 radical (unpaired) electrons. The zero-order chi connectivity index (χ0) is 28.3. The molecule has 0 fully saturated rings.